The third-order valence-corrected chi connectivity index (χ3v) is 3.97. The van der Waals surface area contributed by atoms with Gasteiger partial charge in [-0.05, 0) is 30.0 Å². The normalized spacial score (nSPS) is 30.4. The molecule has 0 saturated heterocycles. The van der Waals surface area contributed by atoms with Crippen molar-refractivity contribution in [3.8, 4) is 0 Å². The van der Waals surface area contributed by atoms with Gasteiger partial charge in [0, 0.05) is 5.41 Å². The molecule has 1 aliphatic rings. The van der Waals surface area contributed by atoms with E-state index in [9.17, 15) is 5.11 Å². The Kier molecular flexibility index (Phi) is 2.50. The Hall–Kier alpha value is -0.240. The Morgan fingerprint density at radius 3 is 2.50 bits per heavy atom. The summed E-state index contributed by atoms with van der Waals surface area (Å²) < 4.78 is 0. The summed E-state index contributed by atoms with van der Waals surface area (Å²) >= 11 is 11.8. The molecule has 14 heavy (non-hydrogen) atoms. The van der Waals surface area contributed by atoms with Crippen molar-refractivity contribution in [2.45, 2.75) is 18.8 Å². The molecule has 0 heterocycles. The summed E-state index contributed by atoms with van der Waals surface area (Å²) in [6.07, 6.45) is 1.03. The number of hydrogen-bond acceptors (Lipinski definition) is 1. The lowest BCUT2D eigenvalue weighted by molar-refractivity contribution is 0.247. The zero-order valence-electron chi connectivity index (χ0n) is 7.93. The SMILES string of the molecule is CC1CC1(CO)c1ccc(Cl)c(Cl)c1. The van der Waals surface area contributed by atoms with Crippen LogP contribution in [0.2, 0.25) is 10.0 Å². The van der Waals surface area contributed by atoms with E-state index in [1.165, 1.54) is 0 Å². The maximum Gasteiger partial charge on any atom is 0.0595 e. The second-order valence-corrected chi connectivity index (χ2v) is 4.86. The summed E-state index contributed by atoms with van der Waals surface area (Å²) in [6, 6.07) is 5.61. The van der Waals surface area contributed by atoms with Crippen molar-refractivity contribution in [2.75, 3.05) is 6.61 Å². The first-order chi connectivity index (χ1) is 6.60. The molecule has 0 spiro atoms. The minimum absolute atomic E-state index is 0.0613. The molecule has 76 valence electrons. The van der Waals surface area contributed by atoms with E-state index >= 15 is 0 Å². The van der Waals surface area contributed by atoms with Crippen molar-refractivity contribution in [3.63, 3.8) is 0 Å². The van der Waals surface area contributed by atoms with Crippen LogP contribution in [0.4, 0.5) is 0 Å². The van der Waals surface area contributed by atoms with E-state index in [0.29, 0.717) is 16.0 Å². The molecule has 2 atom stereocenters. The number of rotatable bonds is 2. The summed E-state index contributed by atoms with van der Waals surface area (Å²) in [6.45, 7) is 2.32. The highest BCUT2D eigenvalue weighted by Gasteiger charge is 2.51. The molecule has 2 unspecified atom stereocenters. The van der Waals surface area contributed by atoms with Crippen LogP contribution < -0.4 is 0 Å². The molecular weight excluding hydrogens is 219 g/mol. The molecule has 0 bridgehead atoms. The Morgan fingerprint density at radius 1 is 1.43 bits per heavy atom. The number of aliphatic hydroxyl groups is 1. The molecule has 0 radical (unpaired) electrons. The number of halogens is 2. The lowest BCUT2D eigenvalue weighted by Crippen LogP contribution is -2.14. The first kappa shape index (κ1) is 10.3. The molecule has 0 amide bonds. The molecule has 1 nitrogen and oxygen atoms in total. The van der Waals surface area contributed by atoms with Crippen molar-refractivity contribution in [1.29, 1.82) is 0 Å². The standard InChI is InChI=1S/C11H12Cl2O/c1-7-5-11(7,6-14)8-2-3-9(12)10(13)4-8/h2-4,7,14H,5-6H2,1H3. The molecule has 1 saturated carbocycles. The van der Waals surface area contributed by atoms with E-state index in [-0.39, 0.29) is 12.0 Å². The average Bonchev–Trinajstić information content (AvgIpc) is 2.83. The third kappa shape index (κ3) is 1.44. The zero-order valence-corrected chi connectivity index (χ0v) is 9.44. The van der Waals surface area contributed by atoms with Crippen molar-refractivity contribution in [3.05, 3.63) is 33.8 Å². The molecule has 0 aromatic heterocycles. The van der Waals surface area contributed by atoms with Crippen LogP contribution in [0.5, 0.6) is 0 Å². The van der Waals surface area contributed by atoms with Gasteiger partial charge >= 0.3 is 0 Å². The van der Waals surface area contributed by atoms with Gasteiger partial charge in [-0.25, -0.2) is 0 Å². The minimum Gasteiger partial charge on any atom is -0.395 e. The monoisotopic (exact) mass is 230 g/mol. The van der Waals surface area contributed by atoms with E-state index in [1.54, 1.807) is 6.07 Å². The third-order valence-electron chi connectivity index (χ3n) is 3.23. The first-order valence-corrected chi connectivity index (χ1v) is 5.42. The Morgan fingerprint density at radius 2 is 2.07 bits per heavy atom. The van der Waals surface area contributed by atoms with Crippen molar-refractivity contribution < 1.29 is 5.11 Å². The van der Waals surface area contributed by atoms with Crippen LogP contribution in [0.3, 0.4) is 0 Å². The van der Waals surface area contributed by atoms with Crippen LogP contribution in [0.15, 0.2) is 18.2 Å². The molecule has 0 aliphatic heterocycles. The number of benzene rings is 1. The largest absolute Gasteiger partial charge is 0.395 e. The number of hydrogen-bond donors (Lipinski definition) is 1. The first-order valence-electron chi connectivity index (χ1n) is 4.66. The van der Waals surface area contributed by atoms with E-state index in [0.717, 1.165) is 12.0 Å². The van der Waals surface area contributed by atoms with Gasteiger partial charge in [-0.1, -0.05) is 36.2 Å². The summed E-state index contributed by atoms with van der Waals surface area (Å²) in [5.41, 5.74) is 1.04. The van der Waals surface area contributed by atoms with Crippen LogP contribution in [-0.4, -0.2) is 11.7 Å². The van der Waals surface area contributed by atoms with Crippen molar-refractivity contribution in [1.82, 2.24) is 0 Å². The Balaban J connectivity index is 2.38. The lowest BCUT2D eigenvalue weighted by Gasteiger charge is -2.14. The maximum atomic E-state index is 9.36. The summed E-state index contributed by atoms with van der Waals surface area (Å²) in [4.78, 5) is 0. The zero-order chi connectivity index (χ0) is 10.3. The van der Waals surface area contributed by atoms with Crippen LogP contribution in [0.25, 0.3) is 0 Å². The highest BCUT2D eigenvalue weighted by atomic mass is 35.5. The quantitative estimate of drug-likeness (QED) is 0.828. The van der Waals surface area contributed by atoms with E-state index in [4.69, 9.17) is 23.2 Å². The fraction of sp³-hybridized carbons (Fsp3) is 0.455. The van der Waals surface area contributed by atoms with Crippen molar-refractivity contribution >= 4 is 23.2 Å². The smallest absolute Gasteiger partial charge is 0.0595 e. The molecule has 2 rings (SSSR count). The van der Waals surface area contributed by atoms with Gasteiger partial charge in [0.25, 0.3) is 0 Å². The molecule has 1 aromatic carbocycles. The van der Waals surface area contributed by atoms with Crippen LogP contribution in [-0.2, 0) is 5.41 Å². The predicted molar refractivity (Wildman–Crippen MR) is 59.0 cm³/mol. The second-order valence-electron chi connectivity index (χ2n) is 4.05. The average molecular weight is 231 g/mol. The highest BCUT2D eigenvalue weighted by Crippen LogP contribution is 2.54. The van der Waals surface area contributed by atoms with Gasteiger partial charge in [0.2, 0.25) is 0 Å². The fourth-order valence-corrected chi connectivity index (χ4v) is 2.31. The molecular formula is C11H12Cl2O. The van der Waals surface area contributed by atoms with Crippen LogP contribution in [0, 0.1) is 5.92 Å². The van der Waals surface area contributed by atoms with Crippen LogP contribution in [0.1, 0.15) is 18.9 Å². The van der Waals surface area contributed by atoms with Gasteiger partial charge in [0.1, 0.15) is 0 Å². The summed E-state index contributed by atoms with van der Waals surface area (Å²) in [5.74, 6) is 0.532. The fourth-order valence-electron chi connectivity index (χ4n) is 2.01. The summed E-state index contributed by atoms with van der Waals surface area (Å²) in [7, 11) is 0. The molecule has 3 heteroatoms. The van der Waals surface area contributed by atoms with E-state index < -0.39 is 0 Å². The van der Waals surface area contributed by atoms with Gasteiger partial charge in [-0.15, -0.1) is 0 Å². The topological polar surface area (TPSA) is 20.2 Å². The minimum atomic E-state index is -0.0613. The van der Waals surface area contributed by atoms with E-state index in [2.05, 4.69) is 6.92 Å². The highest BCUT2D eigenvalue weighted by molar-refractivity contribution is 6.42. The van der Waals surface area contributed by atoms with Gasteiger partial charge in [0.05, 0.1) is 16.7 Å². The van der Waals surface area contributed by atoms with Crippen LogP contribution >= 0.6 is 23.2 Å². The molecule has 1 N–H and O–H groups in total. The lowest BCUT2D eigenvalue weighted by atomic mass is 9.95. The van der Waals surface area contributed by atoms with E-state index in [1.807, 2.05) is 12.1 Å². The van der Waals surface area contributed by atoms with Gasteiger partial charge in [-0.3, -0.25) is 0 Å². The predicted octanol–water partition coefficient (Wildman–Crippen LogP) is 3.26. The maximum absolute atomic E-state index is 9.36. The summed E-state index contributed by atoms with van der Waals surface area (Å²) in [5, 5.41) is 10.5. The van der Waals surface area contributed by atoms with Gasteiger partial charge in [-0.2, -0.15) is 0 Å². The van der Waals surface area contributed by atoms with Gasteiger partial charge in [0.15, 0.2) is 0 Å². The Bertz CT molecular complexity index is 360. The molecule has 1 aromatic rings. The number of aliphatic hydroxyl groups excluding tert-OH is 1. The molecule has 1 aliphatic carbocycles. The molecule has 1 fully saturated rings. The Labute approximate surface area is 93.7 Å². The van der Waals surface area contributed by atoms with Gasteiger partial charge < -0.3 is 5.11 Å². The van der Waals surface area contributed by atoms with Crippen molar-refractivity contribution in [2.24, 2.45) is 5.92 Å². The second kappa shape index (κ2) is 3.41.